The van der Waals surface area contributed by atoms with Crippen LogP contribution in [-0.4, -0.2) is 31.1 Å². The van der Waals surface area contributed by atoms with Crippen LogP contribution in [0.5, 0.6) is 5.75 Å². The van der Waals surface area contributed by atoms with Crippen molar-refractivity contribution in [1.29, 1.82) is 0 Å². The molecular weight excluding hydrogens is 248 g/mol. The fourth-order valence-electron chi connectivity index (χ4n) is 2.37. The van der Waals surface area contributed by atoms with Gasteiger partial charge in [0, 0.05) is 18.6 Å². The van der Waals surface area contributed by atoms with E-state index in [2.05, 4.69) is 51.8 Å². The highest BCUT2D eigenvalue weighted by Gasteiger charge is 2.28. The minimum Gasteiger partial charge on any atom is -0.494 e. The SMILES string of the molecule is CCOc1ccc(C(CN)N(C)C(C)C(C)(C)C)cc1. The molecule has 3 nitrogen and oxygen atoms in total. The van der Waals surface area contributed by atoms with Crippen LogP contribution in [0.25, 0.3) is 0 Å². The Labute approximate surface area is 124 Å². The largest absolute Gasteiger partial charge is 0.494 e. The third-order valence-electron chi connectivity index (χ3n) is 4.15. The lowest BCUT2D eigenvalue weighted by Crippen LogP contribution is -2.43. The van der Waals surface area contributed by atoms with Gasteiger partial charge in [0.25, 0.3) is 0 Å². The molecule has 0 saturated heterocycles. The summed E-state index contributed by atoms with van der Waals surface area (Å²) in [4.78, 5) is 2.37. The van der Waals surface area contributed by atoms with E-state index in [1.807, 2.05) is 19.1 Å². The molecule has 1 aromatic carbocycles. The summed E-state index contributed by atoms with van der Waals surface area (Å²) in [7, 11) is 2.16. The van der Waals surface area contributed by atoms with Gasteiger partial charge in [-0.15, -0.1) is 0 Å². The monoisotopic (exact) mass is 278 g/mol. The predicted octanol–water partition coefficient (Wildman–Crippen LogP) is 3.45. The number of hydrogen-bond donors (Lipinski definition) is 1. The van der Waals surface area contributed by atoms with E-state index in [4.69, 9.17) is 10.5 Å². The molecule has 0 aliphatic heterocycles. The minimum absolute atomic E-state index is 0.230. The molecule has 20 heavy (non-hydrogen) atoms. The lowest BCUT2D eigenvalue weighted by atomic mass is 9.86. The van der Waals surface area contributed by atoms with Crippen LogP contribution in [0.3, 0.4) is 0 Å². The fraction of sp³-hybridized carbons (Fsp3) is 0.647. The van der Waals surface area contributed by atoms with Gasteiger partial charge in [-0.1, -0.05) is 32.9 Å². The Kier molecular flexibility index (Phi) is 6.03. The summed E-state index contributed by atoms with van der Waals surface area (Å²) >= 11 is 0. The van der Waals surface area contributed by atoms with E-state index in [0.29, 0.717) is 19.2 Å². The third-order valence-corrected chi connectivity index (χ3v) is 4.15. The number of likely N-dealkylation sites (N-methyl/N-ethyl adjacent to an activating group) is 1. The highest BCUT2D eigenvalue weighted by atomic mass is 16.5. The molecule has 0 radical (unpaired) electrons. The van der Waals surface area contributed by atoms with Crippen molar-refractivity contribution >= 4 is 0 Å². The van der Waals surface area contributed by atoms with E-state index < -0.39 is 0 Å². The van der Waals surface area contributed by atoms with Crippen LogP contribution < -0.4 is 10.5 Å². The minimum atomic E-state index is 0.230. The van der Waals surface area contributed by atoms with E-state index >= 15 is 0 Å². The van der Waals surface area contributed by atoms with Crippen LogP contribution in [0.2, 0.25) is 0 Å². The van der Waals surface area contributed by atoms with Crippen LogP contribution >= 0.6 is 0 Å². The van der Waals surface area contributed by atoms with Gasteiger partial charge in [-0.25, -0.2) is 0 Å². The lowest BCUT2D eigenvalue weighted by Gasteiger charge is -2.40. The van der Waals surface area contributed by atoms with Crippen molar-refractivity contribution < 1.29 is 4.74 Å². The summed E-state index contributed by atoms with van der Waals surface area (Å²) in [5.41, 5.74) is 7.49. The molecule has 2 unspecified atom stereocenters. The zero-order chi connectivity index (χ0) is 15.3. The average Bonchev–Trinajstić information content (AvgIpc) is 2.39. The van der Waals surface area contributed by atoms with Gasteiger partial charge in [0.15, 0.2) is 0 Å². The summed E-state index contributed by atoms with van der Waals surface area (Å²) in [5, 5.41) is 0. The van der Waals surface area contributed by atoms with Crippen molar-refractivity contribution in [2.75, 3.05) is 20.2 Å². The highest BCUT2D eigenvalue weighted by Crippen LogP contribution is 2.30. The Morgan fingerprint density at radius 2 is 1.75 bits per heavy atom. The van der Waals surface area contributed by atoms with Gasteiger partial charge in [-0.05, 0) is 44.0 Å². The molecule has 2 N–H and O–H groups in total. The first-order valence-corrected chi connectivity index (χ1v) is 7.46. The van der Waals surface area contributed by atoms with E-state index in [-0.39, 0.29) is 11.5 Å². The standard InChI is InChI=1S/C17H30N2O/c1-7-20-15-10-8-14(9-11-15)16(12-18)19(6)13(2)17(3,4)5/h8-11,13,16H,7,12,18H2,1-6H3. The van der Waals surface area contributed by atoms with Crippen molar-refractivity contribution in [3.8, 4) is 5.75 Å². The highest BCUT2D eigenvalue weighted by molar-refractivity contribution is 5.29. The molecule has 0 aromatic heterocycles. The smallest absolute Gasteiger partial charge is 0.119 e. The Bertz CT molecular complexity index is 394. The maximum Gasteiger partial charge on any atom is 0.119 e. The van der Waals surface area contributed by atoms with E-state index in [0.717, 1.165) is 5.75 Å². The predicted molar refractivity (Wildman–Crippen MR) is 86.1 cm³/mol. The molecule has 0 aliphatic rings. The number of benzene rings is 1. The van der Waals surface area contributed by atoms with Gasteiger partial charge in [-0.3, -0.25) is 4.90 Å². The second-order valence-electron chi connectivity index (χ2n) is 6.46. The van der Waals surface area contributed by atoms with Gasteiger partial charge in [0.05, 0.1) is 6.61 Å². The number of nitrogens with two attached hydrogens (primary N) is 1. The maximum absolute atomic E-state index is 6.01. The fourth-order valence-corrected chi connectivity index (χ4v) is 2.37. The molecule has 0 amide bonds. The van der Waals surface area contributed by atoms with E-state index in [1.165, 1.54) is 5.56 Å². The van der Waals surface area contributed by atoms with E-state index in [9.17, 15) is 0 Å². The molecule has 0 spiro atoms. The quantitative estimate of drug-likeness (QED) is 0.866. The zero-order valence-electron chi connectivity index (χ0n) is 13.8. The molecule has 0 aliphatic carbocycles. The Morgan fingerprint density at radius 1 is 1.20 bits per heavy atom. The molecule has 0 saturated carbocycles. The molecule has 1 rings (SSSR count). The zero-order valence-corrected chi connectivity index (χ0v) is 13.8. The summed E-state index contributed by atoms with van der Waals surface area (Å²) < 4.78 is 5.49. The van der Waals surface area contributed by atoms with Crippen LogP contribution in [0.15, 0.2) is 24.3 Å². The Balaban J connectivity index is 2.89. The molecule has 1 aromatic rings. The molecule has 114 valence electrons. The first-order chi connectivity index (χ1) is 9.31. The second-order valence-corrected chi connectivity index (χ2v) is 6.46. The first-order valence-electron chi connectivity index (χ1n) is 7.46. The third kappa shape index (κ3) is 4.22. The molecule has 0 bridgehead atoms. The van der Waals surface area contributed by atoms with Crippen LogP contribution in [0.4, 0.5) is 0 Å². The first kappa shape index (κ1) is 17.0. The van der Waals surface area contributed by atoms with Crippen LogP contribution in [0, 0.1) is 5.41 Å². The molecule has 3 heteroatoms. The van der Waals surface area contributed by atoms with Crippen molar-refractivity contribution in [2.45, 2.75) is 46.7 Å². The molecule has 0 heterocycles. The van der Waals surface area contributed by atoms with Crippen LogP contribution in [0.1, 0.15) is 46.2 Å². The number of ether oxygens (including phenoxy) is 1. The van der Waals surface area contributed by atoms with Crippen molar-refractivity contribution in [2.24, 2.45) is 11.1 Å². The van der Waals surface area contributed by atoms with E-state index in [1.54, 1.807) is 0 Å². The molecular formula is C17H30N2O. The summed E-state index contributed by atoms with van der Waals surface area (Å²) in [6, 6.07) is 8.97. The number of rotatable bonds is 6. The average molecular weight is 278 g/mol. The second kappa shape index (κ2) is 7.09. The lowest BCUT2D eigenvalue weighted by molar-refractivity contribution is 0.100. The number of hydrogen-bond acceptors (Lipinski definition) is 3. The summed E-state index contributed by atoms with van der Waals surface area (Å²) in [6.07, 6.45) is 0. The Morgan fingerprint density at radius 3 is 2.15 bits per heavy atom. The topological polar surface area (TPSA) is 38.5 Å². The Hall–Kier alpha value is -1.06. The van der Waals surface area contributed by atoms with Crippen molar-refractivity contribution in [3.05, 3.63) is 29.8 Å². The van der Waals surface area contributed by atoms with Gasteiger partial charge < -0.3 is 10.5 Å². The van der Waals surface area contributed by atoms with Gasteiger partial charge in [0.1, 0.15) is 5.75 Å². The molecule has 2 atom stereocenters. The van der Waals surface area contributed by atoms with Gasteiger partial charge in [-0.2, -0.15) is 0 Å². The maximum atomic E-state index is 6.01. The van der Waals surface area contributed by atoms with Gasteiger partial charge >= 0.3 is 0 Å². The summed E-state index contributed by atoms with van der Waals surface area (Å²) in [5.74, 6) is 0.915. The van der Waals surface area contributed by atoms with Crippen molar-refractivity contribution in [3.63, 3.8) is 0 Å². The van der Waals surface area contributed by atoms with Crippen LogP contribution in [-0.2, 0) is 0 Å². The van der Waals surface area contributed by atoms with Crippen molar-refractivity contribution in [1.82, 2.24) is 4.90 Å². The molecule has 0 fully saturated rings. The summed E-state index contributed by atoms with van der Waals surface area (Å²) in [6.45, 7) is 12.4. The normalized spacial score (nSPS) is 15.2. The van der Waals surface area contributed by atoms with Gasteiger partial charge in [0.2, 0.25) is 0 Å². The number of nitrogens with zero attached hydrogens (tertiary/aromatic N) is 1.